The van der Waals surface area contributed by atoms with Crippen LogP contribution in [0.5, 0.6) is 0 Å². The van der Waals surface area contributed by atoms with Gasteiger partial charge < -0.3 is 11.6 Å². The molecule has 0 aliphatic rings. The Kier molecular flexibility index (Phi) is 3.20. The van der Waals surface area contributed by atoms with E-state index in [2.05, 4.69) is 36.8 Å². The van der Waals surface area contributed by atoms with E-state index in [1.54, 1.807) is 4.68 Å². The molecule has 0 fully saturated rings. The summed E-state index contributed by atoms with van der Waals surface area (Å²) in [7, 11) is 0. The maximum atomic E-state index is 6.26. The molecule has 0 saturated heterocycles. The van der Waals surface area contributed by atoms with Crippen molar-refractivity contribution in [1.29, 1.82) is 0 Å². The summed E-state index contributed by atoms with van der Waals surface area (Å²) in [5.74, 6) is 7.94. The molecule has 2 heterocycles. The molecular formula is C16H21N5. The van der Waals surface area contributed by atoms with Crippen LogP contribution in [0.1, 0.15) is 44.5 Å². The number of aryl methyl sites for hydroxylation is 1. The van der Waals surface area contributed by atoms with E-state index in [0.29, 0.717) is 17.3 Å². The minimum Gasteiger partial charge on any atom is -0.382 e. The first kappa shape index (κ1) is 13.7. The third kappa shape index (κ3) is 2.00. The van der Waals surface area contributed by atoms with E-state index < -0.39 is 0 Å². The minimum absolute atomic E-state index is 0.377. The number of imidazole rings is 1. The molecule has 0 bridgehead atoms. The van der Waals surface area contributed by atoms with Crippen molar-refractivity contribution in [2.75, 3.05) is 11.6 Å². The van der Waals surface area contributed by atoms with Gasteiger partial charge in [-0.3, -0.25) is 0 Å². The summed E-state index contributed by atoms with van der Waals surface area (Å²) in [6, 6.07) is 6.17. The van der Waals surface area contributed by atoms with Crippen molar-refractivity contribution in [2.24, 2.45) is 0 Å². The van der Waals surface area contributed by atoms with Gasteiger partial charge in [0, 0.05) is 11.8 Å². The Morgan fingerprint density at radius 2 is 1.95 bits per heavy atom. The SMILES string of the molecule is CCCc1nc2c(N)nc3c(C(C)C)cccc3c2n1N. The van der Waals surface area contributed by atoms with Crippen molar-refractivity contribution < 1.29 is 0 Å². The minimum atomic E-state index is 0.377. The number of fused-ring (bicyclic) bond motifs is 3. The molecule has 3 aromatic rings. The van der Waals surface area contributed by atoms with Crippen LogP contribution < -0.4 is 11.6 Å². The highest BCUT2D eigenvalue weighted by Gasteiger charge is 2.17. The topological polar surface area (TPSA) is 82.8 Å². The predicted octanol–water partition coefficient (Wildman–Crippen LogP) is 2.96. The van der Waals surface area contributed by atoms with Crippen molar-refractivity contribution in [3.63, 3.8) is 0 Å². The Hall–Kier alpha value is -2.30. The van der Waals surface area contributed by atoms with Crippen LogP contribution in [-0.2, 0) is 6.42 Å². The van der Waals surface area contributed by atoms with Gasteiger partial charge >= 0.3 is 0 Å². The molecule has 4 N–H and O–H groups in total. The highest BCUT2D eigenvalue weighted by Crippen LogP contribution is 2.32. The van der Waals surface area contributed by atoms with Crippen molar-refractivity contribution in [3.8, 4) is 0 Å². The Bertz CT molecular complexity index is 816. The Labute approximate surface area is 123 Å². The van der Waals surface area contributed by atoms with Crippen LogP contribution in [0.25, 0.3) is 21.9 Å². The van der Waals surface area contributed by atoms with Crippen molar-refractivity contribution >= 4 is 27.8 Å². The maximum absolute atomic E-state index is 6.26. The van der Waals surface area contributed by atoms with Crippen molar-refractivity contribution in [3.05, 3.63) is 29.6 Å². The molecule has 5 nitrogen and oxygen atoms in total. The Morgan fingerprint density at radius 3 is 2.62 bits per heavy atom. The summed E-state index contributed by atoms with van der Waals surface area (Å²) in [6.45, 7) is 6.41. The first-order chi connectivity index (χ1) is 10.0. The van der Waals surface area contributed by atoms with Gasteiger partial charge in [-0.2, -0.15) is 0 Å². The standard InChI is InChI=1S/C16H21N5/c1-4-6-12-19-14-15(21(12)18)11-8-5-7-10(9(2)3)13(11)20-16(14)17/h5,7-9H,4,6,18H2,1-3H3,(H2,17,20). The molecule has 0 unspecified atom stereocenters. The number of nitrogens with zero attached hydrogens (tertiary/aromatic N) is 3. The van der Waals surface area contributed by atoms with Gasteiger partial charge in [-0.25, -0.2) is 14.6 Å². The van der Waals surface area contributed by atoms with Gasteiger partial charge in [0.15, 0.2) is 5.82 Å². The molecule has 0 saturated carbocycles. The van der Waals surface area contributed by atoms with Crippen LogP contribution in [-0.4, -0.2) is 14.6 Å². The molecule has 21 heavy (non-hydrogen) atoms. The third-order valence-corrected chi connectivity index (χ3v) is 3.88. The number of hydrogen-bond donors (Lipinski definition) is 2. The summed E-state index contributed by atoms with van der Waals surface area (Å²) in [6.07, 6.45) is 1.82. The number of nitrogen functional groups attached to an aromatic ring is 2. The molecule has 3 rings (SSSR count). The van der Waals surface area contributed by atoms with Gasteiger partial charge in [0.1, 0.15) is 16.9 Å². The zero-order valence-electron chi connectivity index (χ0n) is 12.7. The summed E-state index contributed by atoms with van der Waals surface area (Å²) < 4.78 is 1.67. The summed E-state index contributed by atoms with van der Waals surface area (Å²) in [5, 5.41) is 1.02. The normalized spacial score (nSPS) is 11.8. The van der Waals surface area contributed by atoms with E-state index in [1.807, 2.05) is 12.1 Å². The molecule has 5 heteroatoms. The number of rotatable bonds is 3. The summed E-state index contributed by atoms with van der Waals surface area (Å²) in [4.78, 5) is 9.16. The molecule has 0 aliphatic heterocycles. The third-order valence-electron chi connectivity index (χ3n) is 3.88. The average Bonchev–Trinajstić information content (AvgIpc) is 2.77. The predicted molar refractivity (Wildman–Crippen MR) is 87.7 cm³/mol. The summed E-state index contributed by atoms with van der Waals surface area (Å²) >= 11 is 0. The molecule has 0 aliphatic carbocycles. The zero-order chi connectivity index (χ0) is 15.1. The van der Waals surface area contributed by atoms with E-state index in [9.17, 15) is 0 Å². The van der Waals surface area contributed by atoms with E-state index >= 15 is 0 Å². The molecule has 0 radical (unpaired) electrons. The number of para-hydroxylation sites is 1. The molecular weight excluding hydrogens is 262 g/mol. The average molecular weight is 283 g/mol. The molecule has 0 atom stereocenters. The Balaban J connectivity index is 2.45. The lowest BCUT2D eigenvalue weighted by Gasteiger charge is -2.11. The van der Waals surface area contributed by atoms with Gasteiger partial charge in [0.25, 0.3) is 0 Å². The van der Waals surface area contributed by atoms with E-state index in [0.717, 1.165) is 35.1 Å². The fourth-order valence-electron chi connectivity index (χ4n) is 2.83. The number of hydrogen-bond acceptors (Lipinski definition) is 4. The van der Waals surface area contributed by atoms with E-state index in [4.69, 9.17) is 11.6 Å². The highest BCUT2D eigenvalue weighted by atomic mass is 15.3. The molecule has 1 aromatic carbocycles. The van der Waals surface area contributed by atoms with E-state index in [-0.39, 0.29) is 0 Å². The first-order valence-electron chi connectivity index (χ1n) is 7.39. The van der Waals surface area contributed by atoms with Crippen molar-refractivity contribution in [2.45, 2.75) is 39.5 Å². The Morgan fingerprint density at radius 1 is 1.19 bits per heavy atom. The van der Waals surface area contributed by atoms with Gasteiger partial charge in [0.05, 0.1) is 5.52 Å². The molecule has 110 valence electrons. The van der Waals surface area contributed by atoms with Crippen LogP contribution in [0.3, 0.4) is 0 Å². The smallest absolute Gasteiger partial charge is 0.152 e. The number of benzene rings is 1. The number of aromatic nitrogens is 3. The second kappa shape index (κ2) is 4.91. The van der Waals surface area contributed by atoms with Crippen LogP contribution in [0.2, 0.25) is 0 Å². The molecule has 2 aromatic heterocycles. The lowest BCUT2D eigenvalue weighted by atomic mass is 9.99. The first-order valence-corrected chi connectivity index (χ1v) is 7.39. The number of nitrogens with two attached hydrogens (primary N) is 2. The molecule has 0 amide bonds. The molecule has 0 spiro atoms. The fourth-order valence-corrected chi connectivity index (χ4v) is 2.83. The lowest BCUT2D eigenvalue weighted by Crippen LogP contribution is -2.12. The van der Waals surface area contributed by atoms with Crippen LogP contribution in [0.15, 0.2) is 18.2 Å². The largest absolute Gasteiger partial charge is 0.382 e. The van der Waals surface area contributed by atoms with E-state index in [1.165, 1.54) is 5.56 Å². The zero-order valence-corrected chi connectivity index (χ0v) is 12.7. The number of anilines is 1. The second-order valence-corrected chi connectivity index (χ2v) is 5.74. The highest BCUT2D eigenvalue weighted by molar-refractivity contribution is 6.07. The quantitative estimate of drug-likeness (QED) is 0.724. The van der Waals surface area contributed by atoms with Gasteiger partial charge in [-0.05, 0) is 17.9 Å². The van der Waals surface area contributed by atoms with Crippen LogP contribution >= 0.6 is 0 Å². The van der Waals surface area contributed by atoms with Crippen molar-refractivity contribution in [1.82, 2.24) is 14.6 Å². The summed E-state index contributed by atoms with van der Waals surface area (Å²) in [5.41, 5.74) is 9.81. The van der Waals surface area contributed by atoms with Gasteiger partial charge in [0.2, 0.25) is 0 Å². The van der Waals surface area contributed by atoms with Crippen LogP contribution in [0, 0.1) is 0 Å². The second-order valence-electron chi connectivity index (χ2n) is 5.74. The number of pyridine rings is 1. The van der Waals surface area contributed by atoms with Gasteiger partial charge in [-0.1, -0.05) is 39.0 Å². The van der Waals surface area contributed by atoms with Gasteiger partial charge in [-0.15, -0.1) is 0 Å². The van der Waals surface area contributed by atoms with Crippen LogP contribution in [0.4, 0.5) is 5.82 Å². The monoisotopic (exact) mass is 283 g/mol. The lowest BCUT2D eigenvalue weighted by molar-refractivity contribution is 0.802. The maximum Gasteiger partial charge on any atom is 0.152 e. The fraction of sp³-hybridized carbons (Fsp3) is 0.375.